The second kappa shape index (κ2) is 8.41. The van der Waals surface area contributed by atoms with E-state index in [4.69, 9.17) is 4.74 Å². The molecule has 0 fully saturated rings. The highest BCUT2D eigenvalue weighted by atomic mass is 19.4. The fourth-order valence-electron chi connectivity index (χ4n) is 2.11. The smallest absolute Gasteiger partial charge is 0.416 e. The number of aryl methyl sites for hydroxylation is 1. The fourth-order valence-corrected chi connectivity index (χ4v) is 2.11. The van der Waals surface area contributed by atoms with Crippen LogP contribution in [0.2, 0.25) is 0 Å². The first-order valence-electron chi connectivity index (χ1n) is 7.82. The molecule has 0 aliphatic heterocycles. The van der Waals surface area contributed by atoms with Crippen molar-refractivity contribution in [3.63, 3.8) is 0 Å². The second-order valence-corrected chi connectivity index (χ2v) is 5.31. The molecular formula is C18H19F3N2O2. The van der Waals surface area contributed by atoms with Gasteiger partial charge in [0.1, 0.15) is 12.4 Å². The lowest BCUT2D eigenvalue weighted by atomic mass is 10.2. The van der Waals surface area contributed by atoms with Gasteiger partial charge in [0.25, 0.3) is 0 Å². The van der Waals surface area contributed by atoms with Gasteiger partial charge in [-0.3, -0.25) is 0 Å². The van der Waals surface area contributed by atoms with Crippen LogP contribution in [0.25, 0.3) is 0 Å². The maximum atomic E-state index is 12.5. The Labute approximate surface area is 144 Å². The van der Waals surface area contributed by atoms with Crippen LogP contribution >= 0.6 is 0 Å². The predicted octanol–water partition coefficient (Wildman–Crippen LogP) is 4.47. The summed E-state index contributed by atoms with van der Waals surface area (Å²) in [5.41, 5.74) is 0.675. The van der Waals surface area contributed by atoms with Crippen LogP contribution in [0, 0.1) is 0 Å². The molecule has 7 heteroatoms. The largest absolute Gasteiger partial charge is 0.492 e. The average Bonchev–Trinajstić information content (AvgIpc) is 2.58. The number of amides is 2. The van der Waals surface area contributed by atoms with Gasteiger partial charge < -0.3 is 15.4 Å². The number of ether oxygens (including phenoxy) is 1. The van der Waals surface area contributed by atoms with E-state index in [0.29, 0.717) is 0 Å². The molecule has 0 bridgehead atoms. The van der Waals surface area contributed by atoms with Crippen molar-refractivity contribution in [2.45, 2.75) is 19.5 Å². The molecule has 0 heterocycles. The number of benzene rings is 2. The van der Waals surface area contributed by atoms with Gasteiger partial charge in [-0.25, -0.2) is 4.79 Å². The summed E-state index contributed by atoms with van der Waals surface area (Å²) in [6.45, 7) is 2.60. The van der Waals surface area contributed by atoms with E-state index in [-0.39, 0.29) is 18.8 Å². The minimum Gasteiger partial charge on any atom is -0.492 e. The number of urea groups is 1. The number of anilines is 1. The zero-order chi connectivity index (χ0) is 18.3. The average molecular weight is 352 g/mol. The van der Waals surface area contributed by atoms with Crippen molar-refractivity contribution in [3.8, 4) is 5.75 Å². The first-order chi connectivity index (χ1) is 11.9. The maximum absolute atomic E-state index is 12.5. The van der Waals surface area contributed by atoms with Gasteiger partial charge in [-0.05, 0) is 48.4 Å². The number of hydrogen-bond acceptors (Lipinski definition) is 2. The Bertz CT molecular complexity index is 700. The first-order valence-corrected chi connectivity index (χ1v) is 7.82. The maximum Gasteiger partial charge on any atom is 0.416 e. The van der Waals surface area contributed by atoms with E-state index < -0.39 is 17.8 Å². The second-order valence-electron chi connectivity index (χ2n) is 5.31. The zero-order valence-corrected chi connectivity index (χ0v) is 13.7. The molecule has 0 aliphatic carbocycles. The van der Waals surface area contributed by atoms with Gasteiger partial charge in [0.05, 0.1) is 12.1 Å². The van der Waals surface area contributed by atoms with Gasteiger partial charge in [-0.1, -0.05) is 19.1 Å². The van der Waals surface area contributed by atoms with Crippen LogP contribution in [0.1, 0.15) is 18.1 Å². The van der Waals surface area contributed by atoms with E-state index >= 15 is 0 Å². The monoisotopic (exact) mass is 352 g/mol. The summed E-state index contributed by atoms with van der Waals surface area (Å²) in [4.78, 5) is 11.7. The molecule has 0 radical (unpaired) electrons. The van der Waals surface area contributed by atoms with E-state index in [2.05, 4.69) is 10.6 Å². The van der Waals surface area contributed by atoms with Crippen LogP contribution in [0.5, 0.6) is 5.75 Å². The van der Waals surface area contributed by atoms with Crippen LogP contribution in [0.15, 0.2) is 48.5 Å². The van der Waals surface area contributed by atoms with Crippen LogP contribution < -0.4 is 15.4 Å². The van der Waals surface area contributed by atoms with E-state index in [1.807, 2.05) is 31.2 Å². The Morgan fingerprint density at radius 2 is 1.84 bits per heavy atom. The van der Waals surface area contributed by atoms with Crippen molar-refractivity contribution in [1.82, 2.24) is 5.32 Å². The topological polar surface area (TPSA) is 50.4 Å². The normalized spacial score (nSPS) is 11.0. The molecule has 134 valence electrons. The van der Waals surface area contributed by atoms with E-state index in [0.717, 1.165) is 29.9 Å². The first kappa shape index (κ1) is 18.6. The molecule has 25 heavy (non-hydrogen) atoms. The van der Waals surface area contributed by atoms with Crippen molar-refractivity contribution in [2.75, 3.05) is 18.5 Å². The summed E-state index contributed by atoms with van der Waals surface area (Å²) in [5.74, 6) is 0.726. The summed E-state index contributed by atoms with van der Waals surface area (Å²) in [6, 6.07) is 11.4. The number of halogens is 3. The molecule has 0 saturated heterocycles. The molecule has 0 atom stereocenters. The van der Waals surface area contributed by atoms with Gasteiger partial charge >= 0.3 is 12.2 Å². The Balaban J connectivity index is 1.73. The SMILES string of the molecule is CCc1cccc(OCCNC(=O)Nc2ccc(C(F)(F)F)cc2)c1. The lowest BCUT2D eigenvalue weighted by Crippen LogP contribution is -2.32. The molecule has 4 nitrogen and oxygen atoms in total. The number of rotatable bonds is 6. The molecule has 2 amide bonds. The number of carbonyl (C=O) groups is 1. The van der Waals surface area contributed by atoms with Gasteiger partial charge in [0.15, 0.2) is 0 Å². The van der Waals surface area contributed by atoms with Crippen LogP contribution in [0.4, 0.5) is 23.7 Å². The number of carbonyl (C=O) groups excluding carboxylic acids is 1. The molecule has 2 aromatic carbocycles. The summed E-state index contributed by atoms with van der Waals surface area (Å²) >= 11 is 0. The van der Waals surface area contributed by atoms with Crippen LogP contribution in [0.3, 0.4) is 0 Å². The van der Waals surface area contributed by atoms with Crippen molar-refractivity contribution in [2.24, 2.45) is 0 Å². The number of hydrogen-bond donors (Lipinski definition) is 2. The summed E-state index contributed by atoms with van der Waals surface area (Å²) in [5, 5.41) is 5.04. The molecule has 2 rings (SSSR count). The molecular weight excluding hydrogens is 333 g/mol. The van der Waals surface area contributed by atoms with Crippen molar-refractivity contribution in [1.29, 1.82) is 0 Å². The third-order valence-corrected chi connectivity index (χ3v) is 3.43. The molecule has 0 aromatic heterocycles. The lowest BCUT2D eigenvalue weighted by Gasteiger charge is -2.11. The molecule has 0 spiro atoms. The summed E-state index contributed by atoms with van der Waals surface area (Å²) < 4.78 is 42.9. The third kappa shape index (κ3) is 6.02. The molecule has 0 saturated carbocycles. The van der Waals surface area contributed by atoms with Crippen molar-refractivity contribution in [3.05, 3.63) is 59.7 Å². The molecule has 0 aliphatic rings. The summed E-state index contributed by atoms with van der Waals surface area (Å²) in [6.07, 6.45) is -3.49. The highest BCUT2D eigenvalue weighted by Gasteiger charge is 2.29. The van der Waals surface area contributed by atoms with Crippen LogP contribution in [-0.2, 0) is 12.6 Å². The molecule has 2 aromatic rings. The van der Waals surface area contributed by atoms with Gasteiger partial charge in [-0.2, -0.15) is 13.2 Å². The van der Waals surface area contributed by atoms with Crippen molar-refractivity contribution < 1.29 is 22.7 Å². The zero-order valence-electron chi connectivity index (χ0n) is 13.7. The standard InChI is InChI=1S/C18H19F3N2O2/c1-2-13-4-3-5-16(12-13)25-11-10-22-17(24)23-15-8-6-14(7-9-15)18(19,20)21/h3-9,12H,2,10-11H2,1H3,(H2,22,23,24). The highest BCUT2D eigenvalue weighted by Crippen LogP contribution is 2.29. The molecule has 0 unspecified atom stereocenters. The Morgan fingerprint density at radius 3 is 2.48 bits per heavy atom. The number of nitrogens with one attached hydrogen (secondary N) is 2. The van der Waals surface area contributed by atoms with Crippen molar-refractivity contribution >= 4 is 11.7 Å². The summed E-state index contributed by atoms with van der Waals surface area (Å²) in [7, 11) is 0. The minimum atomic E-state index is -4.40. The van der Waals surface area contributed by atoms with E-state index in [9.17, 15) is 18.0 Å². The van der Waals surface area contributed by atoms with Gasteiger partial charge in [0.2, 0.25) is 0 Å². The Hall–Kier alpha value is -2.70. The lowest BCUT2D eigenvalue weighted by molar-refractivity contribution is -0.137. The fraction of sp³-hybridized carbons (Fsp3) is 0.278. The van der Waals surface area contributed by atoms with E-state index in [1.54, 1.807) is 0 Å². The number of alkyl halides is 3. The highest BCUT2D eigenvalue weighted by molar-refractivity contribution is 5.89. The minimum absolute atomic E-state index is 0.267. The predicted molar refractivity (Wildman–Crippen MR) is 89.8 cm³/mol. The van der Waals surface area contributed by atoms with Gasteiger partial charge in [0, 0.05) is 5.69 Å². The third-order valence-electron chi connectivity index (χ3n) is 3.43. The Kier molecular flexibility index (Phi) is 6.27. The Morgan fingerprint density at radius 1 is 1.12 bits per heavy atom. The quantitative estimate of drug-likeness (QED) is 0.754. The molecule has 2 N–H and O–H groups in total. The van der Waals surface area contributed by atoms with Gasteiger partial charge in [-0.15, -0.1) is 0 Å². The van der Waals surface area contributed by atoms with E-state index in [1.165, 1.54) is 12.1 Å². The van der Waals surface area contributed by atoms with Crippen LogP contribution in [-0.4, -0.2) is 19.2 Å².